The molecule has 0 saturated carbocycles. The van der Waals surface area contributed by atoms with E-state index in [1.807, 2.05) is 0 Å². The van der Waals surface area contributed by atoms with Gasteiger partial charge in [-0.15, -0.1) is 0 Å². The smallest absolute Gasteiger partial charge is 0.341 e. The van der Waals surface area contributed by atoms with Gasteiger partial charge in [0.2, 0.25) is 0 Å². The summed E-state index contributed by atoms with van der Waals surface area (Å²) in [6.45, 7) is -0.463. The SMILES string of the molecule is COc1ccc(OCC(=O)O)c(Cl)c1OC. The highest BCUT2D eigenvalue weighted by Crippen LogP contribution is 2.41. The Hall–Kier alpha value is -1.62. The molecule has 5 nitrogen and oxygen atoms in total. The van der Waals surface area contributed by atoms with Crippen LogP contribution in [0.2, 0.25) is 5.02 Å². The Bertz CT molecular complexity index is 391. The first kappa shape index (κ1) is 12.4. The predicted molar refractivity (Wildman–Crippen MR) is 57.7 cm³/mol. The van der Waals surface area contributed by atoms with Crippen LogP contribution in [0.15, 0.2) is 12.1 Å². The summed E-state index contributed by atoms with van der Waals surface area (Å²) in [4.78, 5) is 10.3. The highest BCUT2D eigenvalue weighted by Gasteiger charge is 2.14. The quantitative estimate of drug-likeness (QED) is 0.859. The maximum absolute atomic E-state index is 10.3. The second-order valence-electron chi connectivity index (χ2n) is 2.80. The molecule has 0 aliphatic rings. The molecule has 0 unspecified atom stereocenters. The lowest BCUT2D eigenvalue weighted by Gasteiger charge is -2.12. The summed E-state index contributed by atoms with van der Waals surface area (Å²) in [5.41, 5.74) is 0. The fraction of sp³-hybridized carbons (Fsp3) is 0.300. The van der Waals surface area contributed by atoms with Crippen LogP contribution in [0.1, 0.15) is 0 Å². The summed E-state index contributed by atoms with van der Waals surface area (Å²) in [6.07, 6.45) is 0. The zero-order valence-corrected chi connectivity index (χ0v) is 9.58. The van der Waals surface area contributed by atoms with Gasteiger partial charge in [-0.05, 0) is 12.1 Å². The molecule has 0 saturated heterocycles. The lowest BCUT2D eigenvalue weighted by Crippen LogP contribution is -2.09. The summed E-state index contributed by atoms with van der Waals surface area (Å²) in [6, 6.07) is 3.11. The number of halogens is 1. The van der Waals surface area contributed by atoms with Crippen LogP contribution in [0, 0.1) is 0 Å². The zero-order chi connectivity index (χ0) is 12.1. The Balaban J connectivity index is 2.99. The van der Waals surface area contributed by atoms with E-state index >= 15 is 0 Å². The number of carboxylic acid groups (broad SMARTS) is 1. The molecular weight excluding hydrogens is 236 g/mol. The molecule has 0 atom stereocenters. The molecule has 0 bridgehead atoms. The van der Waals surface area contributed by atoms with Crippen molar-refractivity contribution in [1.82, 2.24) is 0 Å². The van der Waals surface area contributed by atoms with Gasteiger partial charge in [0.15, 0.2) is 18.1 Å². The number of carbonyl (C=O) groups is 1. The standard InChI is InChI=1S/C10H11ClO5/c1-14-7-4-3-6(16-5-8(12)13)9(11)10(7)15-2/h3-4H,5H2,1-2H3,(H,12,13). The number of methoxy groups -OCH3 is 2. The van der Waals surface area contributed by atoms with Crippen LogP contribution >= 0.6 is 11.6 Å². The molecule has 0 aliphatic carbocycles. The second-order valence-corrected chi connectivity index (χ2v) is 3.17. The number of rotatable bonds is 5. The van der Waals surface area contributed by atoms with Crippen molar-refractivity contribution in [3.63, 3.8) is 0 Å². The van der Waals surface area contributed by atoms with Crippen molar-refractivity contribution in [2.45, 2.75) is 0 Å². The summed E-state index contributed by atoms with van der Waals surface area (Å²) >= 11 is 5.95. The van der Waals surface area contributed by atoms with Gasteiger partial charge in [-0.3, -0.25) is 0 Å². The normalized spacial score (nSPS) is 9.69. The molecule has 0 radical (unpaired) electrons. The van der Waals surface area contributed by atoms with Gasteiger partial charge >= 0.3 is 5.97 Å². The number of hydrogen-bond donors (Lipinski definition) is 1. The van der Waals surface area contributed by atoms with Crippen LogP contribution in [-0.2, 0) is 4.79 Å². The highest BCUT2D eigenvalue weighted by atomic mass is 35.5. The van der Waals surface area contributed by atoms with Crippen molar-refractivity contribution in [2.24, 2.45) is 0 Å². The molecule has 0 fully saturated rings. The summed E-state index contributed by atoms with van der Waals surface area (Å²) < 4.78 is 15.0. The van der Waals surface area contributed by atoms with E-state index < -0.39 is 12.6 Å². The molecule has 1 aromatic rings. The van der Waals surface area contributed by atoms with Crippen molar-refractivity contribution in [3.05, 3.63) is 17.2 Å². The molecule has 1 aromatic carbocycles. The summed E-state index contributed by atoms with van der Waals surface area (Å²) in [5.74, 6) is -0.0743. The fourth-order valence-electron chi connectivity index (χ4n) is 1.12. The van der Waals surface area contributed by atoms with Crippen molar-refractivity contribution >= 4 is 17.6 Å². The molecule has 16 heavy (non-hydrogen) atoms. The van der Waals surface area contributed by atoms with Crippen molar-refractivity contribution in [3.8, 4) is 17.2 Å². The third-order valence-electron chi connectivity index (χ3n) is 1.80. The highest BCUT2D eigenvalue weighted by molar-refractivity contribution is 6.33. The first-order valence-electron chi connectivity index (χ1n) is 4.35. The molecule has 1 rings (SSSR count). The second kappa shape index (κ2) is 5.46. The largest absolute Gasteiger partial charge is 0.493 e. The van der Waals surface area contributed by atoms with Gasteiger partial charge in [-0.1, -0.05) is 11.6 Å². The molecule has 6 heteroatoms. The van der Waals surface area contributed by atoms with Crippen LogP contribution in [0.4, 0.5) is 0 Å². The minimum absolute atomic E-state index is 0.183. The Kier molecular flexibility index (Phi) is 4.25. The molecule has 88 valence electrons. The Labute approximate surface area is 97.5 Å². The van der Waals surface area contributed by atoms with E-state index in [9.17, 15) is 4.79 Å². The van der Waals surface area contributed by atoms with Gasteiger partial charge in [0, 0.05) is 0 Å². The molecule has 0 amide bonds. The van der Waals surface area contributed by atoms with E-state index in [1.165, 1.54) is 20.3 Å². The maximum atomic E-state index is 10.3. The first-order valence-corrected chi connectivity index (χ1v) is 4.73. The third-order valence-corrected chi connectivity index (χ3v) is 2.16. The predicted octanol–water partition coefficient (Wildman–Crippen LogP) is 1.82. The van der Waals surface area contributed by atoms with Gasteiger partial charge in [0.05, 0.1) is 14.2 Å². The Morgan fingerprint density at radius 3 is 2.44 bits per heavy atom. The van der Waals surface area contributed by atoms with Crippen molar-refractivity contribution < 1.29 is 24.1 Å². The summed E-state index contributed by atoms with van der Waals surface area (Å²) in [5, 5.41) is 8.65. The van der Waals surface area contributed by atoms with Crippen LogP contribution in [0.25, 0.3) is 0 Å². The maximum Gasteiger partial charge on any atom is 0.341 e. The van der Waals surface area contributed by atoms with Gasteiger partial charge < -0.3 is 19.3 Å². The Morgan fingerprint density at radius 1 is 1.31 bits per heavy atom. The zero-order valence-electron chi connectivity index (χ0n) is 8.82. The minimum Gasteiger partial charge on any atom is -0.493 e. The fourth-order valence-corrected chi connectivity index (χ4v) is 1.41. The molecule has 1 N–H and O–H groups in total. The van der Waals surface area contributed by atoms with E-state index in [0.29, 0.717) is 11.5 Å². The van der Waals surface area contributed by atoms with Crippen LogP contribution in [-0.4, -0.2) is 31.9 Å². The van der Waals surface area contributed by atoms with Gasteiger partial charge in [-0.2, -0.15) is 0 Å². The van der Waals surface area contributed by atoms with Crippen LogP contribution < -0.4 is 14.2 Å². The van der Waals surface area contributed by atoms with E-state index in [0.717, 1.165) is 0 Å². The third kappa shape index (κ3) is 2.70. The molecule has 0 aromatic heterocycles. The molecule has 0 spiro atoms. The number of ether oxygens (including phenoxy) is 3. The first-order chi connectivity index (χ1) is 7.60. The number of hydrogen-bond acceptors (Lipinski definition) is 4. The average Bonchev–Trinajstić information content (AvgIpc) is 2.26. The van der Waals surface area contributed by atoms with Gasteiger partial charge in [0.1, 0.15) is 10.8 Å². The summed E-state index contributed by atoms with van der Waals surface area (Å²) in [7, 11) is 2.91. The average molecular weight is 247 g/mol. The van der Waals surface area contributed by atoms with E-state index in [4.69, 9.17) is 30.9 Å². The van der Waals surface area contributed by atoms with E-state index in [2.05, 4.69) is 0 Å². The number of benzene rings is 1. The molecule has 0 aliphatic heterocycles. The van der Waals surface area contributed by atoms with Crippen LogP contribution in [0.3, 0.4) is 0 Å². The lowest BCUT2D eigenvalue weighted by atomic mass is 10.3. The minimum atomic E-state index is -1.08. The Morgan fingerprint density at radius 2 is 1.94 bits per heavy atom. The lowest BCUT2D eigenvalue weighted by molar-refractivity contribution is -0.139. The monoisotopic (exact) mass is 246 g/mol. The molecule has 0 heterocycles. The van der Waals surface area contributed by atoms with Crippen molar-refractivity contribution in [1.29, 1.82) is 0 Å². The van der Waals surface area contributed by atoms with Crippen molar-refractivity contribution in [2.75, 3.05) is 20.8 Å². The number of carboxylic acids is 1. The van der Waals surface area contributed by atoms with E-state index in [1.54, 1.807) is 6.07 Å². The number of aliphatic carboxylic acids is 1. The molecular formula is C10H11ClO5. The van der Waals surface area contributed by atoms with Gasteiger partial charge in [0.25, 0.3) is 0 Å². The van der Waals surface area contributed by atoms with E-state index in [-0.39, 0.29) is 10.8 Å². The van der Waals surface area contributed by atoms with Crippen LogP contribution in [0.5, 0.6) is 17.2 Å². The van der Waals surface area contributed by atoms with Gasteiger partial charge in [-0.25, -0.2) is 4.79 Å². The topological polar surface area (TPSA) is 65.0 Å².